The molecule has 106 valence electrons. The van der Waals surface area contributed by atoms with Crippen LogP contribution in [0.3, 0.4) is 0 Å². The van der Waals surface area contributed by atoms with Gasteiger partial charge in [0.1, 0.15) is 0 Å². The Bertz CT molecular complexity index is 398. The molecule has 1 heterocycles. The fourth-order valence-electron chi connectivity index (χ4n) is 2.83. The molecule has 0 aromatic heterocycles. The van der Waals surface area contributed by atoms with Crippen LogP contribution in [0.25, 0.3) is 0 Å². The van der Waals surface area contributed by atoms with Gasteiger partial charge in [0.15, 0.2) is 0 Å². The van der Waals surface area contributed by atoms with E-state index in [1.54, 1.807) is 0 Å². The quantitative estimate of drug-likeness (QED) is 0.901. The summed E-state index contributed by atoms with van der Waals surface area (Å²) < 4.78 is 0. The van der Waals surface area contributed by atoms with E-state index >= 15 is 0 Å². The molecule has 1 aliphatic rings. The molecule has 1 fully saturated rings. The zero-order valence-corrected chi connectivity index (χ0v) is 12.8. The van der Waals surface area contributed by atoms with Crippen LogP contribution >= 0.6 is 0 Å². The fraction of sp³-hybridized carbons (Fsp3) is 0.647. The molecule has 0 bridgehead atoms. The smallest absolute Gasteiger partial charge is 0.0450 e. The van der Waals surface area contributed by atoms with Crippen molar-refractivity contribution in [3.8, 4) is 0 Å². The van der Waals surface area contributed by atoms with Gasteiger partial charge in [0.25, 0.3) is 0 Å². The van der Waals surface area contributed by atoms with Crippen LogP contribution in [0.4, 0.5) is 0 Å². The Morgan fingerprint density at radius 3 is 2.16 bits per heavy atom. The Labute approximate surface area is 118 Å². The van der Waals surface area contributed by atoms with E-state index in [-0.39, 0.29) is 6.04 Å². The summed E-state index contributed by atoms with van der Waals surface area (Å²) in [7, 11) is 0. The molecule has 1 aromatic carbocycles. The van der Waals surface area contributed by atoms with E-state index in [0.29, 0.717) is 11.5 Å². The average molecular weight is 260 g/mol. The van der Waals surface area contributed by atoms with Crippen LogP contribution in [-0.4, -0.2) is 24.0 Å². The molecule has 2 rings (SSSR count). The van der Waals surface area contributed by atoms with E-state index in [0.717, 1.165) is 0 Å². The van der Waals surface area contributed by atoms with Gasteiger partial charge in [0, 0.05) is 12.1 Å². The molecule has 2 nitrogen and oxygen atoms in total. The van der Waals surface area contributed by atoms with Gasteiger partial charge in [-0.2, -0.15) is 0 Å². The summed E-state index contributed by atoms with van der Waals surface area (Å²) in [6, 6.07) is 9.18. The van der Waals surface area contributed by atoms with Gasteiger partial charge < -0.3 is 5.73 Å². The summed E-state index contributed by atoms with van der Waals surface area (Å²) in [5.74, 6) is 0. The van der Waals surface area contributed by atoms with Crippen molar-refractivity contribution in [2.45, 2.75) is 52.6 Å². The second-order valence-corrected chi connectivity index (χ2v) is 6.88. The van der Waals surface area contributed by atoms with E-state index in [1.807, 2.05) is 0 Å². The first-order chi connectivity index (χ1) is 8.89. The third-order valence-corrected chi connectivity index (χ3v) is 4.71. The highest BCUT2D eigenvalue weighted by Crippen LogP contribution is 2.32. The first-order valence-corrected chi connectivity index (χ1v) is 7.45. The molecule has 0 aliphatic carbocycles. The highest BCUT2D eigenvalue weighted by molar-refractivity contribution is 5.24. The van der Waals surface area contributed by atoms with Crippen LogP contribution in [-0.2, 0) is 0 Å². The van der Waals surface area contributed by atoms with Crippen molar-refractivity contribution in [1.82, 2.24) is 4.90 Å². The number of hydrogen-bond acceptors (Lipinski definition) is 2. The first-order valence-electron chi connectivity index (χ1n) is 7.45. The van der Waals surface area contributed by atoms with Crippen molar-refractivity contribution in [1.29, 1.82) is 0 Å². The molecule has 0 spiro atoms. The topological polar surface area (TPSA) is 29.3 Å². The molecule has 0 saturated carbocycles. The lowest BCUT2D eigenvalue weighted by molar-refractivity contribution is 0.0895. The SMILES string of the molecule is Cc1ccc(C(N)C(C)N2CCC(C)(C)CC2)cc1. The number of likely N-dealkylation sites (tertiary alicyclic amines) is 1. The predicted octanol–water partition coefficient (Wildman–Crippen LogP) is 3.51. The predicted molar refractivity (Wildman–Crippen MR) is 82.2 cm³/mol. The highest BCUT2D eigenvalue weighted by Gasteiger charge is 2.30. The van der Waals surface area contributed by atoms with E-state index in [4.69, 9.17) is 5.73 Å². The summed E-state index contributed by atoms with van der Waals surface area (Å²) in [6.07, 6.45) is 2.55. The minimum absolute atomic E-state index is 0.113. The van der Waals surface area contributed by atoms with Gasteiger partial charge in [-0.05, 0) is 50.8 Å². The van der Waals surface area contributed by atoms with Crippen LogP contribution in [0.1, 0.15) is 50.8 Å². The van der Waals surface area contributed by atoms with Crippen LogP contribution < -0.4 is 5.73 Å². The zero-order valence-electron chi connectivity index (χ0n) is 12.8. The normalized spacial score (nSPS) is 23.0. The van der Waals surface area contributed by atoms with Crippen molar-refractivity contribution < 1.29 is 0 Å². The van der Waals surface area contributed by atoms with E-state index in [1.165, 1.54) is 37.1 Å². The Morgan fingerprint density at radius 2 is 1.63 bits per heavy atom. The van der Waals surface area contributed by atoms with Gasteiger partial charge in [-0.3, -0.25) is 4.90 Å². The van der Waals surface area contributed by atoms with Crippen molar-refractivity contribution in [3.63, 3.8) is 0 Å². The maximum Gasteiger partial charge on any atom is 0.0450 e. The summed E-state index contributed by atoms with van der Waals surface area (Å²) in [5.41, 5.74) is 9.50. The number of nitrogens with zero attached hydrogens (tertiary/aromatic N) is 1. The minimum Gasteiger partial charge on any atom is -0.323 e. The third-order valence-electron chi connectivity index (χ3n) is 4.71. The number of nitrogens with two attached hydrogens (primary N) is 1. The third kappa shape index (κ3) is 3.58. The summed E-state index contributed by atoms with van der Waals surface area (Å²) in [4.78, 5) is 2.55. The molecule has 2 N–H and O–H groups in total. The van der Waals surface area contributed by atoms with Crippen LogP contribution in [0.5, 0.6) is 0 Å². The maximum atomic E-state index is 6.45. The van der Waals surface area contributed by atoms with Crippen molar-refractivity contribution in [2.24, 2.45) is 11.1 Å². The number of rotatable bonds is 3. The van der Waals surface area contributed by atoms with E-state index in [2.05, 4.69) is 56.9 Å². The molecule has 1 saturated heterocycles. The molecule has 0 radical (unpaired) electrons. The lowest BCUT2D eigenvalue weighted by Crippen LogP contribution is -2.46. The van der Waals surface area contributed by atoms with Gasteiger partial charge in [0.2, 0.25) is 0 Å². The number of aryl methyl sites for hydroxylation is 1. The Hall–Kier alpha value is -0.860. The molecule has 2 unspecified atom stereocenters. The molecule has 2 atom stereocenters. The maximum absolute atomic E-state index is 6.45. The van der Waals surface area contributed by atoms with Gasteiger partial charge in [-0.1, -0.05) is 43.7 Å². The number of piperidine rings is 1. The molecule has 19 heavy (non-hydrogen) atoms. The van der Waals surface area contributed by atoms with E-state index < -0.39 is 0 Å². The number of benzene rings is 1. The number of hydrogen-bond donors (Lipinski definition) is 1. The minimum atomic E-state index is 0.113. The molecule has 1 aromatic rings. The Kier molecular flexibility index (Phi) is 4.32. The zero-order chi connectivity index (χ0) is 14.0. The first kappa shape index (κ1) is 14.5. The second kappa shape index (κ2) is 5.64. The van der Waals surface area contributed by atoms with Crippen molar-refractivity contribution in [2.75, 3.05) is 13.1 Å². The largest absolute Gasteiger partial charge is 0.323 e. The molecule has 0 amide bonds. The second-order valence-electron chi connectivity index (χ2n) is 6.88. The van der Waals surface area contributed by atoms with Gasteiger partial charge in [-0.25, -0.2) is 0 Å². The standard InChI is InChI=1S/C17H28N2/c1-13-5-7-15(8-6-13)16(18)14(2)19-11-9-17(3,4)10-12-19/h5-8,14,16H,9-12,18H2,1-4H3. The lowest BCUT2D eigenvalue weighted by atomic mass is 9.82. The van der Waals surface area contributed by atoms with Gasteiger partial charge >= 0.3 is 0 Å². The highest BCUT2D eigenvalue weighted by atomic mass is 15.2. The fourth-order valence-corrected chi connectivity index (χ4v) is 2.83. The van der Waals surface area contributed by atoms with Crippen LogP contribution in [0.15, 0.2) is 24.3 Å². The summed E-state index contributed by atoms with van der Waals surface area (Å²) >= 11 is 0. The van der Waals surface area contributed by atoms with Gasteiger partial charge in [-0.15, -0.1) is 0 Å². The molecular weight excluding hydrogens is 232 g/mol. The van der Waals surface area contributed by atoms with E-state index in [9.17, 15) is 0 Å². The van der Waals surface area contributed by atoms with Gasteiger partial charge in [0.05, 0.1) is 0 Å². The average Bonchev–Trinajstić information content (AvgIpc) is 2.38. The summed E-state index contributed by atoms with van der Waals surface area (Å²) in [6.45, 7) is 11.5. The van der Waals surface area contributed by atoms with Crippen molar-refractivity contribution in [3.05, 3.63) is 35.4 Å². The Balaban J connectivity index is 1.99. The van der Waals surface area contributed by atoms with Crippen LogP contribution in [0.2, 0.25) is 0 Å². The lowest BCUT2D eigenvalue weighted by Gasteiger charge is -2.41. The Morgan fingerprint density at radius 1 is 1.11 bits per heavy atom. The van der Waals surface area contributed by atoms with Crippen LogP contribution in [0, 0.1) is 12.3 Å². The monoisotopic (exact) mass is 260 g/mol. The van der Waals surface area contributed by atoms with Crippen molar-refractivity contribution >= 4 is 0 Å². The molecular formula is C17H28N2. The molecule has 1 aliphatic heterocycles. The summed E-state index contributed by atoms with van der Waals surface area (Å²) in [5, 5.41) is 0. The molecule has 2 heteroatoms.